The van der Waals surface area contributed by atoms with E-state index in [1.165, 1.54) is 0 Å². The standard InChI is InChI=1S/C21H16N2O/c1-14-11-12-19-17(13-14)20(15-7-3-2-4-8-15)22-18-10-6-5-9-16(18)21(24)23-19/h2-13H,1H3,(H,23,24). The summed E-state index contributed by atoms with van der Waals surface area (Å²) in [5.41, 5.74) is 5.99. The molecule has 0 fully saturated rings. The van der Waals surface area contributed by atoms with E-state index >= 15 is 0 Å². The van der Waals surface area contributed by atoms with Crippen LogP contribution in [0.4, 0.5) is 11.4 Å². The van der Waals surface area contributed by atoms with Gasteiger partial charge in [-0.05, 0) is 31.2 Å². The molecule has 4 rings (SSSR count). The SMILES string of the molecule is Cc1ccc2c(c1)C(c1ccccc1)=Nc1ccccc1C(=O)N2. The molecule has 0 bridgehead atoms. The smallest absolute Gasteiger partial charge is 0.257 e. The molecule has 1 heterocycles. The number of nitrogens with zero attached hydrogens (tertiary/aromatic N) is 1. The molecule has 3 aromatic rings. The molecule has 3 heteroatoms. The Morgan fingerprint density at radius 3 is 2.42 bits per heavy atom. The fourth-order valence-electron chi connectivity index (χ4n) is 2.91. The van der Waals surface area contributed by atoms with E-state index in [0.717, 1.165) is 28.1 Å². The van der Waals surface area contributed by atoms with Crippen molar-refractivity contribution in [2.75, 3.05) is 5.32 Å². The van der Waals surface area contributed by atoms with Crippen molar-refractivity contribution in [2.45, 2.75) is 6.92 Å². The molecule has 1 aliphatic rings. The van der Waals surface area contributed by atoms with Crippen molar-refractivity contribution >= 4 is 23.0 Å². The van der Waals surface area contributed by atoms with Crippen molar-refractivity contribution in [1.29, 1.82) is 0 Å². The van der Waals surface area contributed by atoms with Gasteiger partial charge in [-0.15, -0.1) is 0 Å². The second kappa shape index (κ2) is 5.78. The predicted octanol–water partition coefficient (Wildman–Crippen LogP) is 4.73. The van der Waals surface area contributed by atoms with Gasteiger partial charge in [0.25, 0.3) is 5.91 Å². The van der Waals surface area contributed by atoms with Crippen molar-refractivity contribution in [3.8, 4) is 0 Å². The number of nitrogens with one attached hydrogen (secondary N) is 1. The molecule has 116 valence electrons. The molecule has 3 aromatic carbocycles. The zero-order valence-corrected chi connectivity index (χ0v) is 13.3. The highest BCUT2D eigenvalue weighted by atomic mass is 16.1. The number of carbonyl (C=O) groups excluding carboxylic acids is 1. The summed E-state index contributed by atoms with van der Waals surface area (Å²) in [4.78, 5) is 17.4. The quantitative estimate of drug-likeness (QED) is 0.693. The third kappa shape index (κ3) is 2.50. The molecule has 0 spiro atoms. The summed E-state index contributed by atoms with van der Waals surface area (Å²) in [6.45, 7) is 2.04. The zero-order chi connectivity index (χ0) is 16.5. The van der Waals surface area contributed by atoms with E-state index in [4.69, 9.17) is 4.99 Å². The minimum atomic E-state index is -0.133. The van der Waals surface area contributed by atoms with Gasteiger partial charge in [-0.25, -0.2) is 4.99 Å². The van der Waals surface area contributed by atoms with E-state index in [0.29, 0.717) is 11.3 Å². The Hall–Kier alpha value is -3.20. The maximum atomic E-state index is 12.6. The van der Waals surface area contributed by atoms with Crippen LogP contribution in [0.3, 0.4) is 0 Å². The Bertz CT molecular complexity index is 959. The molecule has 0 aliphatic carbocycles. The molecule has 0 aromatic heterocycles. The average Bonchev–Trinajstić information content (AvgIpc) is 2.61. The van der Waals surface area contributed by atoms with Crippen molar-refractivity contribution in [3.05, 3.63) is 95.1 Å². The van der Waals surface area contributed by atoms with E-state index in [2.05, 4.69) is 11.4 Å². The second-order valence-electron chi connectivity index (χ2n) is 5.85. The number of fused-ring (bicyclic) bond motifs is 2. The van der Waals surface area contributed by atoms with E-state index in [-0.39, 0.29) is 5.91 Å². The Labute approximate surface area is 140 Å². The Kier molecular flexibility index (Phi) is 3.47. The first kappa shape index (κ1) is 14.4. The summed E-state index contributed by atoms with van der Waals surface area (Å²) in [6.07, 6.45) is 0. The number of carbonyl (C=O) groups is 1. The number of para-hydroxylation sites is 1. The van der Waals surface area contributed by atoms with E-state index in [9.17, 15) is 4.79 Å². The number of hydrogen-bond acceptors (Lipinski definition) is 2. The molecule has 1 N–H and O–H groups in total. The summed E-state index contributed by atoms with van der Waals surface area (Å²) in [5, 5.41) is 3.03. The summed E-state index contributed by atoms with van der Waals surface area (Å²) in [5.74, 6) is -0.133. The molecule has 0 saturated carbocycles. The van der Waals surface area contributed by atoms with Crippen molar-refractivity contribution in [2.24, 2.45) is 4.99 Å². The molecule has 0 atom stereocenters. The van der Waals surface area contributed by atoms with Gasteiger partial charge in [0.05, 0.1) is 22.6 Å². The highest BCUT2D eigenvalue weighted by molar-refractivity contribution is 6.21. The summed E-state index contributed by atoms with van der Waals surface area (Å²) in [7, 11) is 0. The van der Waals surface area contributed by atoms with Crippen LogP contribution in [0.1, 0.15) is 27.0 Å². The first-order chi connectivity index (χ1) is 11.7. The summed E-state index contributed by atoms with van der Waals surface area (Å²) in [6, 6.07) is 23.5. The highest BCUT2D eigenvalue weighted by Gasteiger charge is 2.20. The number of amides is 1. The lowest BCUT2D eigenvalue weighted by molar-refractivity contribution is 0.102. The van der Waals surface area contributed by atoms with Gasteiger partial charge in [0.2, 0.25) is 0 Å². The topological polar surface area (TPSA) is 41.5 Å². The minimum Gasteiger partial charge on any atom is -0.321 e. The number of rotatable bonds is 1. The molecule has 3 nitrogen and oxygen atoms in total. The van der Waals surface area contributed by atoms with Crippen LogP contribution < -0.4 is 5.32 Å². The van der Waals surface area contributed by atoms with Crippen LogP contribution in [0.2, 0.25) is 0 Å². The monoisotopic (exact) mass is 312 g/mol. The van der Waals surface area contributed by atoms with Crippen LogP contribution in [0, 0.1) is 6.92 Å². The highest BCUT2D eigenvalue weighted by Crippen LogP contribution is 2.30. The van der Waals surface area contributed by atoms with Gasteiger partial charge in [0.15, 0.2) is 0 Å². The van der Waals surface area contributed by atoms with Crippen LogP contribution in [0.15, 0.2) is 77.8 Å². The maximum Gasteiger partial charge on any atom is 0.257 e. The van der Waals surface area contributed by atoms with Crippen molar-refractivity contribution in [3.63, 3.8) is 0 Å². The van der Waals surface area contributed by atoms with E-state index < -0.39 is 0 Å². The molecule has 0 radical (unpaired) electrons. The molecule has 24 heavy (non-hydrogen) atoms. The molecule has 0 saturated heterocycles. The average molecular weight is 312 g/mol. The lowest BCUT2D eigenvalue weighted by atomic mass is 9.97. The Morgan fingerprint density at radius 1 is 0.833 bits per heavy atom. The van der Waals surface area contributed by atoms with Crippen LogP contribution in [0.5, 0.6) is 0 Å². The number of hydrogen-bond donors (Lipinski definition) is 1. The molecule has 1 aliphatic heterocycles. The zero-order valence-electron chi connectivity index (χ0n) is 13.3. The largest absolute Gasteiger partial charge is 0.321 e. The third-order valence-corrected chi connectivity index (χ3v) is 4.11. The summed E-state index contributed by atoms with van der Waals surface area (Å²) < 4.78 is 0. The molecular formula is C21H16N2O. The normalized spacial score (nSPS) is 13.0. The fraction of sp³-hybridized carbons (Fsp3) is 0.0476. The van der Waals surface area contributed by atoms with Gasteiger partial charge in [0.1, 0.15) is 0 Å². The first-order valence-corrected chi connectivity index (χ1v) is 7.88. The lowest BCUT2D eigenvalue weighted by Gasteiger charge is -2.18. The molecule has 1 amide bonds. The van der Waals surface area contributed by atoms with Crippen LogP contribution in [0.25, 0.3) is 0 Å². The number of anilines is 1. The Morgan fingerprint density at radius 2 is 1.58 bits per heavy atom. The number of aliphatic imine (C=N–C) groups is 1. The minimum absolute atomic E-state index is 0.133. The molecular weight excluding hydrogens is 296 g/mol. The van der Waals surface area contributed by atoms with Gasteiger partial charge in [-0.2, -0.15) is 0 Å². The number of benzene rings is 3. The number of aryl methyl sites for hydroxylation is 1. The van der Waals surface area contributed by atoms with Gasteiger partial charge < -0.3 is 5.32 Å². The van der Waals surface area contributed by atoms with Gasteiger partial charge in [0, 0.05) is 11.1 Å². The van der Waals surface area contributed by atoms with E-state index in [1.807, 2.05) is 67.6 Å². The van der Waals surface area contributed by atoms with Crippen molar-refractivity contribution < 1.29 is 4.79 Å². The van der Waals surface area contributed by atoms with Crippen LogP contribution in [-0.4, -0.2) is 11.6 Å². The van der Waals surface area contributed by atoms with Crippen LogP contribution >= 0.6 is 0 Å². The second-order valence-corrected chi connectivity index (χ2v) is 5.85. The Balaban J connectivity index is 2.04. The first-order valence-electron chi connectivity index (χ1n) is 7.88. The van der Waals surface area contributed by atoms with Crippen LogP contribution in [-0.2, 0) is 0 Å². The predicted molar refractivity (Wildman–Crippen MR) is 97.3 cm³/mol. The summed E-state index contributed by atoms with van der Waals surface area (Å²) >= 11 is 0. The maximum absolute atomic E-state index is 12.6. The fourth-order valence-corrected chi connectivity index (χ4v) is 2.91. The van der Waals surface area contributed by atoms with Gasteiger partial charge in [-0.3, -0.25) is 4.79 Å². The lowest BCUT2D eigenvalue weighted by Crippen LogP contribution is -2.18. The van der Waals surface area contributed by atoms with E-state index in [1.54, 1.807) is 6.07 Å². The molecule has 0 unspecified atom stereocenters. The third-order valence-electron chi connectivity index (χ3n) is 4.11. The van der Waals surface area contributed by atoms with Crippen molar-refractivity contribution in [1.82, 2.24) is 0 Å². The van der Waals surface area contributed by atoms with Gasteiger partial charge >= 0.3 is 0 Å². The van der Waals surface area contributed by atoms with Gasteiger partial charge in [-0.1, -0.05) is 54.1 Å².